The Kier molecular flexibility index (Phi) is 3.67. The molecule has 0 heterocycles. The topological polar surface area (TPSA) is 37.3 Å². The molecule has 2 nitrogen and oxygen atoms in total. The van der Waals surface area contributed by atoms with E-state index in [1.807, 2.05) is 19.1 Å². The van der Waals surface area contributed by atoms with E-state index in [1.165, 1.54) is 11.1 Å². The average Bonchev–Trinajstić information content (AvgIpc) is 2.18. The quantitative estimate of drug-likeness (QED) is 0.821. The first-order chi connectivity index (χ1) is 7.02. The first kappa shape index (κ1) is 11.5. The molecule has 0 bridgehead atoms. The molecule has 0 atom stereocenters. The third-order valence-electron chi connectivity index (χ3n) is 2.61. The van der Waals surface area contributed by atoms with Crippen molar-refractivity contribution in [2.24, 2.45) is 0 Å². The monoisotopic (exact) mass is 204 g/mol. The predicted molar refractivity (Wildman–Crippen MR) is 61.8 cm³/mol. The highest BCUT2D eigenvalue weighted by molar-refractivity contribution is 5.74. The minimum Gasteiger partial charge on any atom is -0.481 e. The Balaban J connectivity index is 3.00. The van der Waals surface area contributed by atoms with Crippen LogP contribution in [0.2, 0.25) is 0 Å². The van der Waals surface area contributed by atoms with Crippen molar-refractivity contribution in [1.82, 2.24) is 0 Å². The Morgan fingerprint density at radius 1 is 1.40 bits per heavy atom. The van der Waals surface area contributed by atoms with Gasteiger partial charge in [0.25, 0.3) is 0 Å². The second-order valence-electron chi connectivity index (χ2n) is 3.73. The Bertz CT molecular complexity index is 403. The van der Waals surface area contributed by atoms with E-state index in [2.05, 4.69) is 19.9 Å². The Labute approximate surface area is 90.3 Å². The minimum absolute atomic E-state index is 0.0826. The number of rotatable bonds is 3. The molecule has 1 aromatic rings. The molecule has 0 saturated carbocycles. The molecule has 15 heavy (non-hydrogen) atoms. The highest BCUT2D eigenvalue weighted by Crippen LogP contribution is 2.21. The normalized spacial score (nSPS) is 11.5. The molecule has 1 N–H and O–H groups in total. The first-order valence-corrected chi connectivity index (χ1v) is 4.97. The van der Waals surface area contributed by atoms with Gasteiger partial charge < -0.3 is 5.11 Å². The summed E-state index contributed by atoms with van der Waals surface area (Å²) >= 11 is 0. The number of aliphatic carboxylic acids is 1. The number of hydrogen-bond acceptors (Lipinski definition) is 1. The van der Waals surface area contributed by atoms with Crippen LogP contribution in [0, 0.1) is 13.8 Å². The zero-order valence-electron chi connectivity index (χ0n) is 9.37. The van der Waals surface area contributed by atoms with E-state index in [-0.39, 0.29) is 6.42 Å². The lowest BCUT2D eigenvalue weighted by atomic mass is 9.97. The van der Waals surface area contributed by atoms with Crippen LogP contribution in [0.15, 0.2) is 24.3 Å². The third kappa shape index (κ3) is 2.94. The summed E-state index contributed by atoms with van der Waals surface area (Å²) in [6.45, 7) is 6.07. The summed E-state index contributed by atoms with van der Waals surface area (Å²) in [7, 11) is 0. The van der Waals surface area contributed by atoms with Crippen LogP contribution in [-0.4, -0.2) is 11.1 Å². The maximum absolute atomic E-state index is 10.4. The van der Waals surface area contributed by atoms with Crippen molar-refractivity contribution in [3.05, 3.63) is 41.0 Å². The van der Waals surface area contributed by atoms with E-state index < -0.39 is 5.97 Å². The minimum atomic E-state index is -0.792. The predicted octanol–water partition coefficient (Wildman–Crippen LogP) is 3.18. The Hall–Kier alpha value is -1.57. The lowest BCUT2D eigenvalue weighted by molar-refractivity contribution is -0.135. The molecule has 0 aromatic heterocycles. The second kappa shape index (κ2) is 4.78. The van der Waals surface area contributed by atoms with E-state index in [1.54, 1.807) is 6.08 Å². The van der Waals surface area contributed by atoms with Crippen molar-refractivity contribution in [3.63, 3.8) is 0 Å². The summed E-state index contributed by atoms with van der Waals surface area (Å²) in [5, 5.41) is 8.59. The maximum Gasteiger partial charge on any atom is 0.307 e. The zero-order chi connectivity index (χ0) is 11.4. The molecule has 0 unspecified atom stereocenters. The van der Waals surface area contributed by atoms with Crippen LogP contribution in [-0.2, 0) is 4.79 Å². The average molecular weight is 204 g/mol. The Morgan fingerprint density at radius 3 is 2.67 bits per heavy atom. The molecule has 0 amide bonds. The van der Waals surface area contributed by atoms with E-state index in [4.69, 9.17) is 5.11 Å². The van der Waals surface area contributed by atoms with Crippen LogP contribution in [0.4, 0.5) is 0 Å². The van der Waals surface area contributed by atoms with Gasteiger partial charge in [-0.05, 0) is 43.0 Å². The van der Waals surface area contributed by atoms with Gasteiger partial charge in [0.2, 0.25) is 0 Å². The fourth-order valence-electron chi connectivity index (χ4n) is 1.53. The first-order valence-electron chi connectivity index (χ1n) is 4.97. The zero-order valence-corrected chi connectivity index (χ0v) is 9.37. The summed E-state index contributed by atoms with van der Waals surface area (Å²) < 4.78 is 0. The van der Waals surface area contributed by atoms with Crippen molar-refractivity contribution in [2.75, 3.05) is 0 Å². The van der Waals surface area contributed by atoms with Gasteiger partial charge in [-0.1, -0.05) is 24.3 Å². The van der Waals surface area contributed by atoms with Crippen molar-refractivity contribution >= 4 is 11.5 Å². The lowest BCUT2D eigenvalue weighted by Crippen LogP contribution is -1.93. The van der Waals surface area contributed by atoms with Crippen LogP contribution in [0.1, 0.15) is 30.0 Å². The van der Waals surface area contributed by atoms with Gasteiger partial charge in [-0.2, -0.15) is 0 Å². The van der Waals surface area contributed by atoms with Crippen LogP contribution in [0.25, 0.3) is 5.57 Å². The highest BCUT2D eigenvalue weighted by atomic mass is 16.4. The largest absolute Gasteiger partial charge is 0.481 e. The molecule has 1 rings (SSSR count). The van der Waals surface area contributed by atoms with E-state index >= 15 is 0 Å². The van der Waals surface area contributed by atoms with Gasteiger partial charge in [-0.25, -0.2) is 0 Å². The van der Waals surface area contributed by atoms with Crippen molar-refractivity contribution in [1.29, 1.82) is 0 Å². The molecule has 0 fully saturated rings. The molecular weight excluding hydrogens is 188 g/mol. The number of hydrogen-bond donors (Lipinski definition) is 1. The summed E-state index contributed by atoms with van der Waals surface area (Å²) in [4.78, 5) is 10.4. The SMILES string of the molecule is C/C(=C\CC(=O)O)c1cccc(C)c1C. The number of carboxylic acids is 1. The molecular formula is C13H16O2. The van der Waals surface area contributed by atoms with Crippen molar-refractivity contribution < 1.29 is 9.90 Å². The molecule has 80 valence electrons. The molecule has 0 spiro atoms. The van der Waals surface area contributed by atoms with Crippen LogP contribution in [0.5, 0.6) is 0 Å². The Morgan fingerprint density at radius 2 is 2.07 bits per heavy atom. The van der Waals surface area contributed by atoms with Crippen LogP contribution in [0.3, 0.4) is 0 Å². The maximum atomic E-state index is 10.4. The van der Waals surface area contributed by atoms with Crippen molar-refractivity contribution in [3.8, 4) is 0 Å². The van der Waals surface area contributed by atoms with Crippen LogP contribution >= 0.6 is 0 Å². The van der Waals surface area contributed by atoms with Gasteiger partial charge in [0, 0.05) is 0 Å². The third-order valence-corrected chi connectivity index (χ3v) is 2.61. The van der Waals surface area contributed by atoms with Gasteiger partial charge in [0.1, 0.15) is 0 Å². The molecule has 0 aliphatic carbocycles. The number of allylic oxidation sites excluding steroid dienone is 1. The van der Waals surface area contributed by atoms with Crippen molar-refractivity contribution in [2.45, 2.75) is 27.2 Å². The number of carbonyl (C=O) groups is 1. The van der Waals surface area contributed by atoms with E-state index in [0.29, 0.717) is 0 Å². The molecule has 0 aliphatic heterocycles. The van der Waals surface area contributed by atoms with E-state index in [0.717, 1.165) is 11.1 Å². The van der Waals surface area contributed by atoms with Gasteiger partial charge in [0.05, 0.1) is 6.42 Å². The van der Waals surface area contributed by atoms with Gasteiger partial charge in [-0.3, -0.25) is 4.79 Å². The molecule has 0 saturated heterocycles. The van der Waals surface area contributed by atoms with Gasteiger partial charge in [0.15, 0.2) is 0 Å². The fourth-order valence-corrected chi connectivity index (χ4v) is 1.53. The molecule has 1 aromatic carbocycles. The molecule has 0 radical (unpaired) electrons. The fraction of sp³-hybridized carbons (Fsp3) is 0.308. The second-order valence-corrected chi connectivity index (χ2v) is 3.73. The van der Waals surface area contributed by atoms with E-state index in [9.17, 15) is 4.79 Å². The molecule has 0 aliphatic rings. The number of carboxylic acid groups (broad SMARTS) is 1. The number of benzene rings is 1. The summed E-state index contributed by atoms with van der Waals surface area (Å²) in [5.41, 5.74) is 4.61. The molecule has 2 heteroatoms. The van der Waals surface area contributed by atoms with Crippen LogP contribution < -0.4 is 0 Å². The lowest BCUT2D eigenvalue weighted by Gasteiger charge is -2.08. The summed E-state index contributed by atoms with van der Waals surface area (Å²) in [5.74, 6) is -0.792. The highest BCUT2D eigenvalue weighted by Gasteiger charge is 2.02. The smallest absolute Gasteiger partial charge is 0.307 e. The van der Waals surface area contributed by atoms with Gasteiger partial charge >= 0.3 is 5.97 Å². The van der Waals surface area contributed by atoms with Gasteiger partial charge in [-0.15, -0.1) is 0 Å². The summed E-state index contributed by atoms with van der Waals surface area (Å²) in [6.07, 6.45) is 1.84. The summed E-state index contributed by atoms with van der Waals surface area (Å²) in [6, 6.07) is 6.08. The number of aryl methyl sites for hydroxylation is 1. The standard InChI is InChI=1S/C13H16O2/c1-9-5-4-6-12(11(9)3)10(2)7-8-13(14)15/h4-7H,8H2,1-3H3,(H,14,15)/b10-7+.